The third-order valence-electron chi connectivity index (χ3n) is 2.40. The van der Waals surface area contributed by atoms with E-state index in [4.69, 9.17) is 21.1 Å². The summed E-state index contributed by atoms with van der Waals surface area (Å²) in [6.45, 7) is 0.435. The van der Waals surface area contributed by atoms with Crippen molar-refractivity contribution in [2.24, 2.45) is 0 Å². The molecule has 0 aromatic heterocycles. The predicted molar refractivity (Wildman–Crippen MR) is 69.7 cm³/mol. The first kappa shape index (κ1) is 14.6. The zero-order valence-corrected chi connectivity index (χ0v) is 11.0. The highest BCUT2D eigenvalue weighted by molar-refractivity contribution is 6.17. The van der Waals surface area contributed by atoms with Gasteiger partial charge in [0.2, 0.25) is 5.75 Å². The summed E-state index contributed by atoms with van der Waals surface area (Å²) in [6.07, 6.45) is 2.69. The molecule has 0 amide bonds. The van der Waals surface area contributed by atoms with Gasteiger partial charge in [-0.2, -0.15) is 0 Å². The van der Waals surface area contributed by atoms with E-state index in [9.17, 15) is 10.1 Å². The van der Waals surface area contributed by atoms with Crippen molar-refractivity contribution in [3.05, 3.63) is 28.3 Å². The van der Waals surface area contributed by atoms with Gasteiger partial charge in [-0.3, -0.25) is 10.1 Å². The Balaban J connectivity index is 2.63. The first-order valence-corrected chi connectivity index (χ1v) is 6.23. The molecule has 0 unspecified atom stereocenters. The van der Waals surface area contributed by atoms with Crippen molar-refractivity contribution in [2.45, 2.75) is 19.3 Å². The van der Waals surface area contributed by atoms with Crippen LogP contribution in [-0.4, -0.2) is 24.5 Å². The third-order valence-corrected chi connectivity index (χ3v) is 2.67. The minimum atomic E-state index is -0.465. The largest absolute Gasteiger partial charge is 0.497 e. The summed E-state index contributed by atoms with van der Waals surface area (Å²) in [6, 6.07) is 4.45. The number of benzene rings is 1. The molecule has 1 rings (SSSR count). The van der Waals surface area contributed by atoms with Crippen molar-refractivity contribution in [1.82, 2.24) is 0 Å². The summed E-state index contributed by atoms with van der Waals surface area (Å²) in [5.41, 5.74) is -0.0480. The number of hydrogen-bond donors (Lipinski definition) is 0. The van der Waals surface area contributed by atoms with Crippen LogP contribution in [0.1, 0.15) is 19.3 Å². The minimum absolute atomic E-state index is 0.0480. The Labute approximate surface area is 111 Å². The van der Waals surface area contributed by atoms with E-state index in [1.54, 1.807) is 6.07 Å². The normalized spacial score (nSPS) is 10.1. The molecule has 0 aliphatic rings. The second-order valence-electron chi connectivity index (χ2n) is 3.69. The van der Waals surface area contributed by atoms with E-state index >= 15 is 0 Å². The Hall–Kier alpha value is -1.49. The van der Waals surface area contributed by atoms with Gasteiger partial charge in [-0.15, -0.1) is 11.6 Å². The number of unbranched alkanes of at least 4 members (excludes halogenated alkanes) is 2. The summed E-state index contributed by atoms with van der Waals surface area (Å²) in [5.74, 6) is 1.40. The van der Waals surface area contributed by atoms with Crippen LogP contribution in [0.25, 0.3) is 0 Å². The Morgan fingerprint density at radius 3 is 2.72 bits per heavy atom. The zero-order chi connectivity index (χ0) is 13.4. The number of hydrogen-bond acceptors (Lipinski definition) is 4. The van der Waals surface area contributed by atoms with E-state index in [1.165, 1.54) is 19.2 Å². The van der Waals surface area contributed by atoms with E-state index in [-0.39, 0.29) is 11.4 Å². The number of rotatable bonds is 8. The highest BCUT2D eigenvalue weighted by Crippen LogP contribution is 2.31. The van der Waals surface area contributed by atoms with Gasteiger partial charge in [0.05, 0.1) is 18.6 Å². The number of alkyl halides is 1. The van der Waals surface area contributed by atoms with Gasteiger partial charge in [0.15, 0.2) is 0 Å². The SMILES string of the molecule is COc1ccc([N+](=O)[O-])c(OCCCCCCl)c1. The summed E-state index contributed by atoms with van der Waals surface area (Å²) in [5, 5.41) is 10.8. The topological polar surface area (TPSA) is 61.6 Å². The lowest BCUT2D eigenvalue weighted by Gasteiger charge is -2.08. The van der Waals surface area contributed by atoms with E-state index in [1.807, 2.05) is 0 Å². The number of nitro groups is 1. The number of methoxy groups -OCH3 is 1. The number of nitrogens with zero attached hydrogens (tertiary/aromatic N) is 1. The van der Waals surface area contributed by atoms with Gasteiger partial charge in [-0.05, 0) is 25.3 Å². The zero-order valence-electron chi connectivity index (χ0n) is 10.2. The van der Waals surface area contributed by atoms with Crippen LogP contribution in [0.15, 0.2) is 18.2 Å². The first-order chi connectivity index (χ1) is 8.69. The van der Waals surface area contributed by atoms with Crippen molar-refractivity contribution < 1.29 is 14.4 Å². The highest BCUT2D eigenvalue weighted by atomic mass is 35.5. The quantitative estimate of drug-likeness (QED) is 0.315. The smallest absolute Gasteiger partial charge is 0.311 e. The van der Waals surface area contributed by atoms with Crippen molar-refractivity contribution in [2.75, 3.05) is 19.6 Å². The van der Waals surface area contributed by atoms with Crippen LogP contribution in [0.3, 0.4) is 0 Å². The van der Waals surface area contributed by atoms with Crippen LogP contribution < -0.4 is 9.47 Å². The number of nitro benzene ring substituents is 1. The van der Waals surface area contributed by atoms with Crippen molar-refractivity contribution in [1.29, 1.82) is 0 Å². The maximum Gasteiger partial charge on any atom is 0.311 e. The first-order valence-electron chi connectivity index (χ1n) is 5.70. The van der Waals surface area contributed by atoms with Gasteiger partial charge < -0.3 is 9.47 Å². The summed E-state index contributed by atoms with van der Waals surface area (Å²) < 4.78 is 10.4. The molecule has 0 aliphatic heterocycles. The average Bonchev–Trinajstić information content (AvgIpc) is 2.38. The van der Waals surface area contributed by atoms with E-state index in [0.29, 0.717) is 18.2 Å². The molecular formula is C12H16ClNO4. The molecule has 6 heteroatoms. The lowest BCUT2D eigenvalue weighted by atomic mass is 10.2. The molecule has 0 saturated heterocycles. The molecule has 0 aliphatic carbocycles. The molecule has 0 bridgehead atoms. The van der Waals surface area contributed by atoms with Gasteiger partial charge in [0, 0.05) is 18.0 Å². The molecule has 0 atom stereocenters. The number of ether oxygens (including phenoxy) is 2. The van der Waals surface area contributed by atoms with Crippen LogP contribution in [-0.2, 0) is 0 Å². The van der Waals surface area contributed by atoms with Crippen molar-refractivity contribution >= 4 is 17.3 Å². The second kappa shape index (κ2) is 7.76. The van der Waals surface area contributed by atoms with E-state index < -0.39 is 4.92 Å². The Kier molecular flexibility index (Phi) is 6.28. The lowest BCUT2D eigenvalue weighted by Crippen LogP contribution is -2.01. The van der Waals surface area contributed by atoms with Gasteiger partial charge >= 0.3 is 5.69 Å². The maximum absolute atomic E-state index is 10.8. The predicted octanol–water partition coefficient (Wildman–Crippen LogP) is 3.39. The van der Waals surface area contributed by atoms with Crippen LogP contribution in [0.2, 0.25) is 0 Å². The van der Waals surface area contributed by atoms with Gasteiger partial charge in [0.1, 0.15) is 5.75 Å². The Morgan fingerprint density at radius 2 is 2.11 bits per heavy atom. The fourth-order valence-electron chi connectivity index (χ4n) is 1.44. The van der Waals surface area contributed by atoms with E-state index in [2.05, 4.69) is 0 Å². The fraction of sp³-hybridized carbons (Fsp3) is 0.500. The fourth-order valence-corrected chi connectivity index (χ4v) is 1.63. The standard InChI is InChI=1S/C12H16ClNO4/c1-17-10-5-6-11(14(15)16)12(9-10)18-8-4-2-3-7-13/h5-6,9H,2-4,7-8H2,1H3. The van der Waals surface area contributed by atoms with Gasteiger partial charge in [0.25, 0.3) is 0 Å². The molecular weight excluding hydrogens is 258 g/mol. The van der Waals surface area contributed by atoms with Crippen LogP contribution in [0.4, 0.5) is 5.69 Å². The van der Waals surface area contributed by atoms with Gasteiger partial charge in [-0.1, -0.05) is 0 Å². The van der Waals surface area contributed by atoms with E-state index in [0.717, 1.165) is 19.3 Å². The third kappa shape index (κ3) is 4.41. The minimum Gasteiger partial charge on any atom is -0.497 e. The molecule has 100 valence electrons. The monoisotopic (exact) mass is 273 g/mol. The summed E-state index contributed by atoms with van der Waals surface area (Å²) in [7, 11) is 1.51. The average molecular weight is 274 g/mol. The molecule has 18 heavy (non-hydrogen) atoms. The van der Waals surface area contributed by atoms with Crippen molar-refractivity contribution in [3.8, 4) is 11.5 Å². The van der Waals surface area contributed by atoms with Gasteiger partial charge in [-0.25, -0.2) is 0 Å². The highest BCUT2D eigenvalue weighted by Gasteiger charge is 2.15. The molecule has 1 aromatic rings. The number of halogens is 1. The van der Waals surface area contributed by atoms with Crippen LogP contribution in [0.5, 0.6) is 11.5 Å². The van der Waals surface area contributed by atoms with Crippen LogP contribution in [0, 0.1) is 10.1 Å². The Bertz CT molecular complexity index is 398. The molecule has 1 aromatic carbocycles. The molecule has 0 fully saturated rings. The molecule has 0 radical (unpaired) electrons. The summed E-state index contributed by atoms with van der Waals surface area (Å²) >= 11 is 5.56. The second-order valence-corrected chi connectivity index (χ2v) is 4.07. The molecule has 0 N–H and O–H groups in total. The lowest BCUT2D eigenvalue weighted by molar-refractivity contribution is -0.385. The maximum atomic E-state index is 10.8. The molecule has 0 heterocycles. The molecule has 0 saturated carbocycles. The molecule has 5 nitrogen and oxygen atoms in total. The summed E-state index contributed by atoms with van der Waals surface area (Å²) in [4.78, 5) is 10.4. The van der Waals surface area contributed by atoms with Crippen molar-refractivity contribution in [3.63, 3.8) is 0 Å². The molecule has 0 spiro atoms. The Morgan fingerprint density at radius 1 is 1.33 bits per heavy atom. The van der Waals surface area contributed by atoms with Crippen LogP contribution >= 0.6 is 11.6 Å².